The van der Waals surface area contributed by atoms with E-state index in [4.69, 9.17) is 20.7 Å². The van der Waals surface area contributed by atoms with E-state index < -0.39 is 11.2 Å². The molecule has 1 N–H and O–H groups in total. The average molecular weight is 330 g/mol. The van der Waals surface area contributed by atoms with Crippen LogP contribution in [0.25, 0.3) is 21.9 Å². The highest BCUT2D eigenvalue weighted by molar-refractivity contribution is 6.54. The predicted molar refractivity (Wildman–Crippen MR) is 95.6 cm³/mol. The third-order valence-electron chi connectivity index (χ3n) is 4.45. The Morgan fingerprint density at radius 2 is 1.74 bits per heavy atom. The molecule has 3 aromatic rings. The van der Waals surface area contributed by atoms with E-state index in [1.807, 2.05) is 44.2 Å². The zero-order valence-electron chi connectivity index (χ0n) is 13.7. The van der Waals surface area contributed by atoms with Crippen LogP contribution in [-0.4, -0.2) is 23.8 Å². The molecule has 3 nitrogen and oxygen atoms in total. The summed E-state index contributed by atoms with van der Waals surface area (Å²) in [5, 5.41) is 12.7. The fraction of sp³-hybridized carbons (Fsp3) is 0.333. The van der Waals surface area contributed by atoms with Gasteiger partial charge in [0.15, 0.2) is 0 Å². The van der Waals surface area contributed by atoms with Crippen LogP contribution in [0.1, 0.15) is 27.7 Å². The zero-order valence-corrected chi connectivity index (χ0v) is 14.4. The zero-order chi connectivity index (χ0) is 16.8. The first-order chi connectivity index (χ1) is 10.7. The van der Waals surface area contributed by atoms with Gasteiger partial charge in [0.1, 0.15) is 11.2 Å². The second-order valence-electron chi connectivity index (χ2n) is 6.77. The number of fused-ring (bicyclic) bond motifs is 3. The van der Waals surface area contributed by atoms with Crippen molar-refractivity contribution in [1.82, 2.24) is 0 Å². The van der Waals surface area contributed by atoms with Crippen molar-refractivity contribution in [1.29, 1.82) is 0 Å². The van der Waals surface area contributed by atoms with Gasteiger partial charge in [-0.1, -0.05) is 35.9 Å². The topological polar surface area (TPSA) is 42.6 Å². The Morgan fingerprint density at radius 3 is 2.43 bits per heavy atom. The summed E-state index contributed by atoms with van der Waals surface area (Å²) in [6, 6.07) is 11.6. The lowest BCUT2D eigenvalue weighted by Crippen LogP contribution is -2.49. The molecule has 0 saturated carbocycles. The van der Waals surface area contributed by atoms with Crippen LogP contribution >= 0.6 is 11.6 Å². The lowest BCUT2D eigenvalue weighted by molar-refractivity contribution is -0.0893. The molecule has 1 aromatic heterocycles. The van der Waals surface area contributed by atoms with Gasteiger partial charge in [0.2, 0.25) is 0 Å². The molecule has 0 aliphatic rings. The Balaban J connectivity index is 1.98. The maximum Gasteiger partial charge on any atom is 0.332 e. The van der Waals surface area contributed by atoms with E-state index in [0.29, 0.717) is 5.02 Å². The molecule has 0 atom stereocenters. The molecular formula is C18H19BClO3. The first-order valence-electron chi connectivity index (χ1n) is 7.53. The summed E-state index contributed by atoms with van der Waals surface area (Å²) in [5.41, 5.74) is 0.596. The van der Waals surface area contributed by atoms with Crippen LogP contribution in [0.5, 0.6) is 0 Å². The summed E-state index contributed by atoms with van der Waals surface area (Å²) in [6.07, 6.45) is 0. The number of para-hydroxylation sites is 1. The van der Waals surface area contributed by atoms with Crippen molar-refractivity contribution in [3.8, 4) is 0 Å². The van der Waals surface area contributed by atoms with Gasteiger partial charge in [0, 0.05) is 15.8 Å². The minimum Gasteiger partial charge on any atom is -0.456 e. The molecule has 0 saturated heterocycles. The fourth-order valence-electron chi connectivity index (χ4n) is 2.21. The molecular weight excluding hydrogens is 310 g/mol. The quantitative estimate of drug-likeness (QED) is 0.734. The van der Waals surface area contributed by atoms with E-state index in [0.717, 1.165) is 27.4 Å². The molecule has 0 aliphatic heterocycles. The lowest BCUT2D eigenvalue weighted by Gasteiger charge is -2.37. The smallest absolute Gasteiger partial charge is 0.332 e. The molecule has 2 aromatic carbocycles. The van der Waals surface area contributed by atoms with E-state index in [1.54, 1.807) is 27.4 Å². The molecule has 0 amide bonds. The van der Waals surface area contributed by atoms with Crippen molar-refractivity contribution in [3.63, 3.8) is 0 Å². The Hall–Kier alpha value is -1.49. The first kappa shape index (κ1) is 16.4. The van der Waals surface area contributed by atoms with E-state index in [2.05, 4.69) is 0 Å². The van der Waals surface area contributed by atoms with Crippen molar-refractivity contribution >= 4 is 46.5 Å². The average Bonchev–Trinajstić information content (AvgIpc) is 2.81. The van der Waals surface area contributed by atoms with Gasteiger partial charge < -0.3 is 14.2 Å². The van der Waals surface area contributed by atoms with Gasteiger partial charge in [-0.15, -0.1) is 0 Å². The second kappa shape index (κ2) is 5.55. The van der Waals surface area contributed by atoms with E-state index in [-0.39, 0.29) is 0 Å². The third kappa shape index (κ3) is 2.99. The maximum absolute atomic E-state index is 10.2. The van der Waals surface area contributed by atoms with Crippen molar-refractivity contribution in [2.24, 2.45) is 0 Å². The van der Waals surface area contributed by atoms with Crippen LogP contribution in [0.2, 0.25) is 5.02 Å². The standard InChI is InChI=1S/C18H19BClO3/c1-17(2,21)18(3,4)23-19-13-9-12-11-7-5-6-8-15(11)22-16(12)10-14(13)20/h5-10,21H,1-4H3. The fourth-order valence-corrected chi connectivity index (χ4v) is 2.41. The van der Waals surface area contributed by atoms with Gasteiger partial charge in [-0.3, -0.25) is 0 Å². The summed E-state index contributed by atoms with van der Waals surface area (Å²) in [4.78, 5) is 0. The molecule has 0 fully saturated rings. The second-order valence-corrected chi connectivity index (χ2v) is 7.18. The van der Waals surface area contributed by atoms with E-state index in [1.165, 1.54) is 0 Å². The van der Waals surface area contributed by atoms with Gasteiger partial charge in [0.25, 0.3) is 0 Å². The SMILES string of the molecule is CC(C)(O)C(C)(C)O[B]c1cc2c(cc1Cl)oc1ccccc12. The Bertz CT molecular complexity index is 862. The molecule has 5 heteroatoms. The minimum absolute atomic E-state index is 0.545. The van der Waals surface area contributed by atoms with Gasteiger partial charge in [-0.2, -0.15) is 0 Å². The minimum atomic E-state index is -0.984. The summed E-state index contributed by atoms with van der Waals surface area (Å²) in [7, 11) is 1.60. The number of benzene rings is 2. The molecule has 0 bridgehead atoms. The number of hydrogen-bond donors (Lipinski definition) is 1. The molecule has 119 valence electrons. The molecule has 0 unspecified atom stereocenters. The normalized spacial score (nSPS) is 13.0. The van der Waals surface area contributed by atoms with Crippen LogP contribution in [0.15, 0.2) is 40.8 Å². The highest BCUT2D eigenvalue weighted by Gasteiger charge is 2.35. The van der Waals surface area contributed by atoms with Crippen LogP contribution in [0, 0.1) is 0 Å². The Morgan fingerprint density at radius 1 is 1.04 bits per heavy atom. The number of halogens is 1. The van der Waals surface area contributed by atoms with Crippen LogP contribution in [0.4, 0.5) is 0 Å². The monoisotopic (exact) mass is 329 g/mol. The molecule has 1 radical (unpaired) electrons. The highest BCUT2D eigenvalue weighted by atomic mass is 35.5. The Labute approximate surface area is 141 Å². The first-order valence-corrected chi connectivity index (χ1v) is 7.91. The van der Waals surface area contributed by atoms with Crippen LogP contribution in [0.3, 0.4) is 0 Å². The molecule has 0 aliphatic carbocycles. The number of furan rings is 1. The summed E-state index contributed by atoms with van der Waals surface area (Å²) >= 11 is 6.34. The van der Waals surface area contributed by atoms with Crippen molar-refractivity contribution < 1.29 is 14.2 Å². The highest BCUT2D eigenvalue weighted by Crippen LogP contribution is 2.30. The molecule has 0 spiro atoms. The molecule has 3 rings (SSSR count). The number of aliphatic hydroxyl groups is 1. The van der Waals surface area contributed by atoms with Gasteiger partial charge >= 0.3 is 7.48 Å². The van der Waals surface area contributed by atoms with Crippen LogP contribution < -0.4 is 5.46 Å². The third-order valence-corrected chi connectivity index (χ3v) is 4.78. The van der Waals surface area contributed by atoms with E-state index in [9.17, 15) is 5.11 Å². The summed E-state index contributed by atoms with van der Waals surface area (Å²) < 4.78 is 11.6. The van der Waals surface area contributed by atoms with E-state index >= 15 is 0 Å². The van der Waals surface area contributed by atoms with Crippen molar-refractivity contribution in [2.45, 2.75) is 38.9 Å². The summed E-state index contributed by atoms with van der Waals surface area (Å²) in [6.45, 7) is 7.11. The molecule has 23 heavy (non-hydrogen) atoms. The predicted octanol–water partition coefficient (Wildman–Crippen LogP) is 4.05. The van der Waals surface area contributed by atoms with Gasteiger partial charge in [0.05, 0.1) is 11.2 Å². The lowest BCUT2D eigenvalue weighted by atomic mass is 9.82. The van der Waals surface area contributed by atoms with Gasteiger partial charge in [-0.05, 0) is 45.3 Å². The van der Waals surface area contributed by atoms with Crippen molar-refractivity contribution in [2.75, 3.05) is 0 Å². The van der Waals surface area contributed by atoms with Gasteiger partial charge in [-0.25, -0.2) is 0 Å². The number of hydrogen-bond acceptors (Lipinski definition) is 3. The summed E-state index contributed by atoms with van der Waals surface area (Å²) in [5.74, 6) is 0. The molecule has 1 heterocycles. The maximum atomic E-state index is 10.2. The van der Waals surface area contributed by atoms with Crippen molar-refractivity contribution in [3.05, 3.63) is 41.4 Å². The largest absolute Gasteiger partial charge is 0.456 e. The Kier molecular flexibility index (Phi) is 3.95. The number of rotatable bonds is 4. The van der Waals surface area contributed by atoms with Crippen LogP contribution in [-0.2, 0) is 4.65 Å².